The lowest BCUT2D eigenvalue weighted by Gasteiger charge is -2.12. The molecule has 5 nitrogen and oxygen atoms in total. The number of aryl methyl sites for hydroxylation is 2. The van der Waals surface area contributed by atoms with Gasteiger partial charge in [0.25, 0.3) is 0 Å². The molecule has 0 saturated carbocycles. The predicted molar refractivity (Wildman–Crippen MR) is 75.0 cm³/mol. The molecule has 0 saturated heterocycles. The van der Waals surface area contributed by atoms with Crippen LogP contribution in [0.4, 0.5) is 5.69 Å². The van der Waals surface area contributed by atoms with Gasteiger partial charge >= 0.3 is 0 Å². The summed E-state index contributed by atoms with van der Waals surface area (Å²) in [6.07, 6.45) is 3.30. The standard InChI is InChI=1S/C13H15ClN4O/c1-8-5-10(14)3-4-11(8)17-13(19)12(15)9-6-16-18(2)7-9/h3-7,12H,15H2,1-2H3,(H,17,19). The minimum absolute atomic E-state index is 0.279. The van der Waals surface area contributed by atoms with E-state index in [0.29, 0.717) is 16.3 Å². The van der Waals surface area contributed by atoms with Gasteiger partial charge in [-0.2, -0.15) is 5.10 Å². The topological polar surface area (TPSA) is 72.9 Å². The lowest BCUT2D eigenvalue weighted by molar-refractivity contribution is -0.117. The Hall–Kier alpha value is -1.85. The van der Waals surface area contributed by atoms with Crippen molar-refractivity contribution in [3.63, 3.8) is 0 Å². The molecule has 100 valence electrons. The number of hydrogen-bond donors (Lipinski definition) is 2. The van der Waals surface area contributed by atoms with Gasteiger partial charge in [-0.3, -0.25) is 9.48 Å². The molecule has 1 amide bonds. The van der Waals surface area contributed by atoms with E-state index in [4.69, 9.17) is 17.3 Å². The van der Waals surface area contributed by atoms with Crippen LogP contribution >= 0.6 is 11.6 Å². The average Bonchev–Trinajstić information content (AvgIpc) is 2.78. The maximum atomic E-state index is 12.1. The fraction of sp³-hybridized carbons (Fsp3) is 0.231. The molecule has 6 heteroatoms. The van der Waals surface area contributed by atoms with Crippen molar-refractivity contribution in [2.45, 2.75) is 13.0 Å². The number of nitrogens with zero attached hydrogens (tertiary/aromatic N) is 2. The van der Waals surface area contributed by atoms with Crippen molar-refractivity contribution in [3.8, 4) is 0 Å². The summed E-state index contributed by atoms with van der Waals surface area (Å²) in [6.45, 7) is 1.87. The lowest BCUT2D eigenvalue weighted by Crippen LogP contribution is -2.27. The molecule has 0 fully saturated rings. The number of hydrogen-bond acceptors (Lipinski definition) is 3. The molecule has 1 aromatic heterocycles. The number of amides is 1. The second-order valence-electron chi connectivity index (χ2n) is 4.37. The summed E-state index contributed by atoms with van der Waals surface area (Å²) in [5.74, 6) is -0.279. The summed E-state index contributed by atoms with van der Waals surface area (Å²) in [5, 5.41) is 7.41. The monoisotopic (exact) mass is 278 g/mol. The van der Waals surface area contributed by atoms with Crippen LogP contribution in [0.5, 0.6) is 0 Å². The zero-order valence-corrected chi connectivity index (χ0v) is 11.5. The van der Waals surface area contributed by atoms with Crippen molar-refractivity contribution < 1.29 is 4.79 Å². The fourth-order valence-electron chi connectivity index (χ4n) is 1.73. The highest BCUT2D eigenvalue weighted by Gasteiger charge is 2.18. The number of aromatic nitrogens is 2. The third-order valence-electron chi connectivity index (χ3n) is 2.81. The van der Waals surface area contributed by atoms with Crippen LogP contribution < -0.4 is 11.1 Å². The normalized spacial score (nSPS) is 12.2. The minimum Gasteiger partial charge on any atom is -0.324 e. The van der Waals surface area contributed by atoms with E-state index in [1.807, 2.05) is 6.92 Å². The third kappa shape index (κ3) is 3.13. The highest BCUT2D eigenvalue weighted by atomic mass is 35.5. The molecule has 1 atom stereocenters. The van der Waals surface area contributed by atoms with Crippen molar-refractivity contribution in [3.05, 3.63) is 46.7 Å². The molecule has 0 aliphatic heterocycles. The van der Waals surface area contributed by atoms with Gasteiger partial charge in [-0.25, -0.2) is 0 Å². The average molecular weight is 279 g/mol. The minimum atomic E-state index is -0.747. The van der Waals surface area contributed by atoms with Crippen molar-refractivity contribution in [1.82, 2.24) is 9.78 Å². The van der Waals surface area contributed by atoms with Gasteiger partial charge < -0.3 is 11.1 Å². The van der Waals surface area contributed by atoms with E-state index in [1.54, 1.807) is 42.3 Å². The summed E-state index contributed by atoms with van der Waals surface area (Å²) in [6, 6.07) is 4.52. The van der Waals surface area contributed by atoms with Gasteiger partial charge in [-0.15, -0.1) is 0 Å². The molecule has 2 rings (SSSR count). The first kappa shape index (κ1) is 13.6. The number of nitrogens with two attached hydrogens (primary N) is 1. The number of nitrogens with one attached hydrogen (secondary N) is 1. The SMILES string of the molecule is Cc1cc(Cl)ccc1NC(=O)C(N)c1cnn(C)c1. The predicted octanol–water partition coefficient (Wildman–Crippen LogP) is 2.02. The lowest BCUT2D eigenvalue weighted by atomic mass is 10.1. The molecule has 1 unspecified atom stereocenters. The van der Waals surface area contributed by atoms with Gasteiger partial charge in [0, 0.05) is 29.5 Å². The van der Waals surface area contributed by atoms with E-state index in [0.717, 1.165) is 5.56 Å². The molecule has 0 aliphatic rings. The Labute approximate surface area is 116 Å². The van der Waals surface area contributed by atoms with Gasteiger partial charge in [0.05, 0.1) is 6.20 Å². The Morgan fingerprint density at radius 3 is 2.84 bits per heavy atom. The molecule has 2 aromatic rings. The zero-order valence-electron chi connectivity index (χ0n) is 10.7. The number of rotatable bonds is 3. The summed E-state index contributed by atoms with van der Waals surface area (Å²) in [5.41, 5.74) is 8.15. The highest BCUT2D eigenvalue weighted by molar-refractivity contribution is 6.30. The Morgan fingerprint density at radius 1 is 1.53 bits per heavy atom. The van der Waals surface area contributed by atoms with Crippen LogP contribution in [0.2, 0.25) is 5.02 Å². The summed E-state index contributed by atoms with van der Waals surface area (Å²) in [4.78, 5) is 12.1. The quantitative estimate of drug-likeness (QED) is 0.902. The number of benzene rings is 1. The second kappa shape index (κ2) is 5.42. The van der Waals surface area contributed by atoms with E-state index in [9.17, 15) is 4.79 Å². The van der Waals surface area contributed by atoms with Crippen LogP contribution in [0, 0.1) is 6.92 Å². The number of halogens is 1. The largest absolute Gasteiger partial charge is 0.324 e. The van der Waals surface area contributed by atoms with Crippen molar-refractivity contribution in [1.29, 1.82) is 0 Å². The fourth-order valence-corrected chi connectivity index (χ4v) is 1.96. The first-order valence-corrected chi connectivity index (χ1v) is 6.16. The molecule has 1 aromatic carbocycles. The van der Waals surface area contributed by atoms with Crippen molar-refractivity contribution in [2.24, 2.45) is 12.8 Å². The summed E-state index contributed by atoms with van der Waals surface area (Å²) < 4.78 is 1.61. The molecule has 0 spiro atoms. The van der Waals surface area contributed by atoms with E-state index in [2.05, 4.69) is 10.4 Å². The first-order chi connectivity index (χ1) is 8.97. The van der Waals surface area contributed by atoms with Crippen molar-refractivity contribution in [2.75, 3.05) is 5.32 Å². The van der Waals surface area contributed by atoms with Crippen molar-refractivity contribution >= 4 is 23.2 Å². The van der Waals surface area contributed by atoms with Gasteiger partial charge in [0.2, 0.25) is 5.91 Å². The van der Waals surface area contributed by atoms with Gasteiger partial charge in [-0.05, 0) is 30.7 Å². The Kier molecular flexibility index (Phi) is 3.87. The van der Waals surface area contributed by atoms with Crippen LogP contribution in [0.25, 0.3) is 0 Å². The Balaban J connectivity index is 2.12. The molecule has 0 aliphatic carbocycles. The van der Waals surface area contributed by atoms with Crippen LogP contribution in [-0.4, -0.2) is 15.7 Å². The summed E-state index contributed by atoms with van der Waals surface area (Å²) in [7, 11) is 1.78. The van der Waals surface area contributed by atoms with Crippen LogP contribution in [0.15, 0.2) is 30.6 Å². The van der Waals surface area contributed by atoms with Gasteiger partial charge in [0.1, 0.15) is 6.04 Å². The number of carbonyl (C=O) groups is 1. The number of carbonyl (C=O) groups excluding carboxylic acids is 1. The van der Waals surface area contributed by atoms with Crippen LogP contribution in [0.3, 0.4) is 0 Å². The maximum absolute atomic E-state index is 12.1. The molecule has 3 N–H and O–H groups in total. The van der Waals surface area contributed by atoms with Crippen LogP contribution in [0.1, 0.15) is 17.2 Å². The highest BCUT2D eigenvalue weighted by Crippen LogP contribution is 2.21. The summed E-state index contributed by atoms with van der Waals surface area (Å²) >= 11 is 5.87. The van der Waals surface area contributed by atoms with Crippen LogP contribution in [-0.2, 0) is 11.8 Å². The molecular formula is C13H15ClN4O. The second-order valence-corrected chi connectivity index (χ2v) is 4.81. The number of anilines is 1. The van der Waals surface area contributed by atoms with Gasteiger partial charge in [-0.1, -0.05) is 11.6 Å². The van der Waals surface area contributed by atoms with E-state index >= 15 is 0 Å². The smallest absolute Gasteiger partial charge is 0.246 e. The molecule has 19 heavy (non-hydrogen) atoms. The molecule has 0 bridgehead atoms. The third-order valence-corrected chi connectivity index (χ3v) is 3.05. The van der Waals surface area contributed by atoms with E-state index < -0.39 is 6.04 Å². The Morgan fingerprint density at radius 2 is 2.26 bits per heavy atom. The van der Waals surface area contributed by atoms with E-state index in [1.165, 1.54) is 0 Å². The molecular weight excluding hydrogens is 264 g/mol. The molecule has 1 heterocycles. The molecule has 0 radical (unpaired) electrons. The van der Waals surface area contributed by atoms with Gasteiger partial charge in [0.15, 0.2) is 0 Å². The van der Waals surface area contributed by atoms with E-state index in [-0.39, 0.29) is 5.91 Å². The Bertz CT molecular complexity index is 608. The maximum Gasteiger partial charge on any atom is 0.246 e. The first-order valence-electron chi connectivity index (χ1n) is 5.78. The zero-order chi connectivity index (χ0) is 14.0.